The van der Waals surface area contributed by atoms with E-state index in [1.807, 2.05) is 0 Å². The number of rotatable bonds is 5. The van der Waals surface area contributed by atoms with Gasteiger partial charge in [0.1, 0.15) is 17.2 Å². The van der Waals surface area contributed by atoms with E-state index in [1.165, 1.54) is 60.7 Å². The summed E-state index contributed by atoms with van der Waals surface area (Å²) in [5.74, 6) is -1.01. The summed E-state index contributed by atoms with van der Waals surface area (Å²) in [7, 11) is -4.33. The van der Waals surface area contributed by atoms with E-state index in [4.69, 9.17) is 14.0 Å². The van der Waals surface area contributed by atoms with Crippen molar-refractivity contribution >= 4 is 22.1 Å². The molecule has 0 spiro atoms. The van der Waals surface area contributed by atoms with Crippen LogP contribution in [-0.2, 0) is 10.1 Å². The first-order chi connectivity index (χ1) is 13.7. The zero-order chi connectivity index (χ0) is 21.0. The van der Waals surface area contributed by atoms with Crippen LogP contribution in [0.15, 0.2) is 77.7 Å². The van der Waals surface area contributed by atoms with Crippen LogP contribution in [0.2, 0.25) is 0 Å². The highest BCUT2D eigenvalue weighted by molar-refractivity contribution is 7.85. The van der Waals surface area contributed by atoms with Gasteiger partial charge in [-0.15, -0.1) is 0 Å². The maximum absolute atomic E-state index is 12.2. The van der Waals surface area contributed by atoms with Crippen molar-refractivity contribution in [2.45, 2.75) is 4.90 Å². The molecule has 148 valence electrons. The Morgan fingerprint density at radius 3 is 1.45 bits per heavy atom. The minimum absolute atomic E-state index is 0.0250. The van der Waals surface area contributed by atoms with Crippen LogP contribution in [0, 0.1) is 0 Å². The highest BCUT2D eigenvalue weighted by Gasteiger charge is 2.13. The molecule has 0 aliphatic rings. The van der Waals surface area contributed by atoms with Crippen LogP contribution in [0.4, 0.5) is 0 Å². The van der Waals surface area contributed by atoms with E-state index in [1.54, 1.807) is 0 Å². The molecule has 3 rings (SSSR count). The fraction of sp³-hybridized carbons (Fsp3) is 0. The van der Waals surface area contributed by atoms with Crippen molar-refractivity contribution in [2.75, 3.05) is 0 Å². The number of carbonyl (C=O) groups excluding carboxylic acids is 2. The first-order valence-corrected chi connectivity index (χ1v) is 9.57. The van der Waals surface area contributed by atoms with Gasteiger partial charge in [0.25, 0.3) is 10.1 Å². The lowest BCUT2D eigenvalue weighted by molar-refractivity contribution is 0.0730. The van der Waals surface area contributed by atoms with Crippen molar-refractivity contribution < 1.29 is 37.1 Å². The van der Waals surface area contributed by atoms with Gasteiger partial charge in [-0.1, -0.05) is 0 Å². The highest BCUT2D eigenvalue weighted by Crippen LogP contribution is 2.19. The molecule has 3 aromatic rings. The van der Waals surface area contributed by atoms with E-state index in [0.717, 1.165) is 12.1 Å². The zero-order valence-electron chi connectivity index (χ0n) is 14.7. The van der Waals surface area contributed by atoms with Crippen LogP contribution >= 0.6 is 0 Å². The first kappa shape index (κ1) is 20.1. The Balaban J connectivity index is 1.64. The van der Waals surface area contributed by atoms with E-state index in [0.29, 0.717) is 0 Å². The predicted octanol–water partition coefficient (Wildman–Crippen LogP) is 3.08. The monoisotopic (exact) mass is 414 g/mol. The molecule has 0 heterocycles. The lowest BCUT2D eigenvalue weighted by atomic mass is 10.2. The maximum Gasteiger partial charge on any atom is 0.343 e. The molecule has 0 unspecified atom stereocenters. The summed E-state index contributed by atoms with van der Waals surface area (Å²) in [6.45, 7) is 0. The van der Waals surface area contributed by atoms with Gasteiger partial charge in [-0.25, -0.2) is 9.59 Å². The number of carbonyl (C=O) groups is 2. The molecular formula is C20H14O8S. The Labute approximate surface area is 165 Å². The lowest BCUT2D eigenvalue weighted by Gasteiger charge is -2.07. The molecule has 29 heavy (non-hydrogen) atoms. The molecule has 2 N–H and O–H groups in total. The van der Waals surface area contributed by atoms with Gasteiger partial charge in [-0.05, 0) is 72.8 Å². The molecule has 3 aromatic carbocycles. The van der Waals surface area contributed by atoms with Gasteiger partial charge >= 0.3 is 11.9 Å². The summed E-state index contributed by atoms with van der Waals surface area (Å²) in [6.07, 6.45) is 0. The Hall–Kier alpha value is -3.69. The lowest BCUT2D eigenvalue weighted by Crippen LogP contribution is -2.10. The minimum Gasteiger partial charge on any atom is -0.508 e. The third-order valence-electron chi connectivity index (χ3n) is 3.74. The van der Waals surface area contributed by atoms with Crippen LogP contribution < -0.4 is 9.47 Å². The van der Waals surface area contributed by atoms with Gasteiger partial charge in [-0.2, -0.15) is 8.42 Å². The molecule has 0 aliphatic carbocycles. The van der Waals surface area contributed by atoms with Crippen molar-refractivity contribution in [3.63, 3.8) is 0 Å². The van der Waals surface area contributed by atoms with Crippen LogP contribution in [0.5, 0.6) is 17.2 Å². The molecule has 0 aromatic heterocycles. The zero-order valence-corrected chi connectivity index (χ0v) is 15.5. The maximum atomic E-state index is 12.2. The standard InChI is InChI=1S/C20H14O8S/c21-15-5-1-13(2-6-15)19(22)27-16-7-3-14(4-8-16)20(23)28-17-9-11-18(12-10-17)29(24,25)26/h1-12,21H,(H,24,25,26). The molecule has 0 radical (unpaired) electrons. The normalized spacial score (nSPS) is 10.9. The minimum atomic E-state index is -4.33. The quantitative estimate of drug-likeness (QED) is 0.370. The number of hydrogen-bond acceptors (Lipinski definition) is 7. The van der Waals surface area contributed by atoms with E-state index >= 15 is 0 Å². The SMILES string of the molecule is O=C(Oc1ccc(C(=O)Oc2ccc(S(=O)(=O)O)cc2)cc1)c1ccc(O)cc1. The predicted molar refractivity (Wildman–Crippen MR) is 101 cm³/mol. The first-order valence-electron chi connectivity index (χ1n) is 8.13. The Kier molecular flexibility index (Phi) is 5.62. The van der Waals surface area contributed by atoms with E-state index in [9.17, 15) is 23.1 Å². The molecule has 0 saturated heterocycles. The van der Waals surface area contributed by atoms with Crippen molar-refractivity contribution in [1.29, 1.82) is 0 Å². The average molecular weight is 414 g/mol. The topological polar surface area (TPSA) is 127 Å². The molecule has 0 atom stereocenters. The second kappa shape index (κ2) is 8.13. The largest absolute Gasteiger partial charge is 0.508 e. The Morgan fingerprint density at radius 1 is 0.655 bits per heavy atom. The van der Waals surface area contributed by atoms with Crippen LogP contribution in [0.25, 0.3) is 0 Å². The van der Waals surface area contributed by atoms with Crippen molar-refractivity contribution in [3.05, 3.63) is 83.9 Å². The molecule has 0 aliphatic heterocycles. The third-order valence-corrected chi connectivity index (χ3v) is 4.60. The fourth-order valence-electron chi connectivity index (χ4n) is 2.27. The highest BCUT2D eigenvalue weighted by atomic mass is 32.2. The summed E-state index contributed by atoms with van der Waals surface area (Å²) in [5, 5.41) is 9.23. The molecule has 0 bridgehead atoms. The second-order valence-electron chi connectivity index (χ2n) is 5.80. The summed E-state index contributed by atoms with van der Waals surface area (Å²) in [4.78, 5) is 23.9. The fourth-order valence-corrected chi connectivity index (χ4v) is 2.75. The average Bonchev–Trinajstić information content (AvgIpc) is 2.68. The van der Waals surface area contributed by atoms with Crippen LogP contribution in [0.3, 0.4) is 0 Å². The van der Waals surface area contributed by atoms with E-state index < -0.39 is 22.1 Å². The van der Waals surface area contributed by atoms with Crippen molar-refractivity contribution in [1.82, 2.24) is 0 Å². The molecule has 8 nitrogen and oxygen atoms in total. The Morgan fingerprint density at radius 2 is 1.03 bits per heavy atom. The number of aromatic hydroxyl groups is 1. The number of benzene rings is 3. The smallest absolute Gasteiger partial charge is 0.343 e. The van der Waals surface area contributed by atoms with Gasteiger partial charge in [0.15, 0.2) is 0 Å². The van der Waals surface area contributed by atoms with Gasteiger partial charge in [0.2, 0.25) is 0 Å². The Bertz CT molecular complexity index is 1130. The van der Waals surface area contributed by atoms with E-state index in [-0.39, 0.29) is 33.3 Å². The summed E-state index contributed by atoms with van der Waals surface area (Å²) in [6, 6.07) is 15.8. The number of hydrogen-bond donors (Lipinski definition) is 2. The van der Waals surface area contributed by atoms with Crippen molar-refractivity contribution in [2.24, 2.45) is 0 Å². The van der Waals surface area contributed by atoms with Gasteiger partial charge in [0.05, 0.1) is 16.0 Å². The molecule has 9 heteroatoms. The molecular weight excluding hydrogens is 400 g/mol. The van der Waals surface area contributed by atoms with Gasteiger partial charge < -0.3 is 14.6 Å². The number of ether oxygens (including phenoxy) is 2. The van der Waals surface area contributed by atoms with Crippen LogP contribution in [-0.4, -0.2) is 30.0 Å². The summed E-state index contributed by atoms with van der Waals surface area (Å²) < 4.78 is 41.2. The number of phenolic OH excluding ortho intramolecular Hbond substituents is 1. The van der Waals surface area contributed by atoms with Gasteiger partial charge in [-0.3, -0.25) is 4.55 Å². The second-order valence-corrected chi connectivity index (χ2v) is 7.22. The van der Waals surface area contributed by atoms with Crippen molar-refractivity contribution in [3.8, 4) is 17.2 Å². The third kappa shape index (κ3) is 5.18. The number of esters is 2. The number of phenols is 1. The summed E-state index contributed by atoms with van der Waals surface area (Å²) >= 11 is 0. The van der Waals surface area contributed by atoms with Gasteiger partial charge in [0, 0.05) is 0 Å². The summed E-state index contributed by atoms with van der Waals surface area (Å²) in [5.41, 5.74) is 0.424. The molecule has 0 amide bonds. The molecule has 0 saturated carbocycles. The van der Waals surface area contributed by atoms with Crippen LogP contribution in [0.1, 0.15) is 20.7 Å². The molecule has 0 fully saturated rings. The van der Waals surface area contributed by atoms with E-state index in [2.05, 4.69) is 0 Å².